The Bertz CT molecular complexity index is 866. The summed E-state index contributed by atoms with van der Waals surface area (Å²) in [6.45, 7) is 5.08. The predicted molar refractivity (Wildman–Crippen MR) is 86.6 cm³/mol. The van der Waals surface area contributed by atoms with Gasteiger partial charge in [-0.15, -0.1) is 0 Å². The van der Waals surface area contributed by atoms with Gasteiger partial charge in [-0.25, -0.2) is 0 Å². The molecule has 0 unspecified atom stereocenters. The molecule has 8 heteroatoms. The first-order valence-electron chi connectivity index (χ1n) is 7.44. The van der Waals surface area contributed by atoms with Crippen LogP contribution in [0.4, 0.5) is 0 Å². The van der Waals surface area contributed by atoms with E-state index in [1.807, 2.05) is 39.2 Å². The standard InChI is InChI=1S/C16H18N6O2/c1-10(23)19-16(2,3)15-18-14(24-21-15)12-9-22(4)20-13(12)11-6-5-7-17-8-11/h5-9H,1-4H3,(H,19,23). The summed E-state index contributed by atoms with van der Waals surface area (Å²) in [6.07, 6.45) is 5.24. The quantitative estimate of drug-likeness (QED) is 0.786. The van der Waals surface area contributed by atoms with Crippen molar-refractivity contribution in [2.45, 2.75) is 26.3 Å². The molecule has 0 fully saturated rings. The second kappa shape index (κ2) is 5.88. The van der Waals surface area contributed by atoms with E-state index in [0.29, 0.717) is 23.0 Å². The van der Waals surface area contributed by atoms with E-state index < -0.39 is 5.54 Å². The Morgan fingerprint density at radius 3 is 2.83 bits per heavy atom. The molecule has 24 heavy (non-hydrogen) atoms. The van der Waals surface area contributed by atoms with Gasteiger partial charge < -0.3 is 9.84 Å². The molecule has 0 aromatic carbocycles. The van der Waals surface area contributed by atoms with Crippen LogP contribution in [-0.4, -0.2) is 30.8 Å². The van der Waals surface area contributed by atoms with E-state index in [2.05, 4.69) is 25.5 Å². The van der Waals surface area contributed by atoms with E-state index in [9.17, 15) is 4.79 Å². The maximum absolute atomic E-state index is 11.3. The van der Waals surface area contributed by atoms with Gasteiger partial charge in [-0.2, -0.15) is 10.1 Å². The highest BCUT2D eigenvalue weighted by molar-refractivity contribution is 5.76. The molecule has 0 radical (unpaired) electrons. The van der Waals surface area contributed by atoms with Gasteiger partial charge in [-0.3, -0.25) is 14.5 Å². The molecule has 3 aromatic heterocycles. The van der Waals surface area contributed by atoms with Crippen molar-refractivity contribution in [2.24, 2.45) is 7.05 Å². The number of nitrogens with zero attached hydrogens (tertiary/aromatic N) is 5. The Morgan fingerprint density at radius 1 is 1.38 bits per heavy atom. The highest BCUT2D eigenvalue weighted by Crippen LogP contribution is 2.30. The van der Waals surface area contributed by atoms with Crippen LogP contribution >= 0.6 is 0 Å². The van der Waals surface area contributed by atoms with Crippen LogP contribution in [0.25, 0.3) is 22.7 Å². The van der Waals surface area contributed by atoms with Gasteiger partial charge in [0.2, 0.25) is 5.91 Å². The molecular weight excluding hydrogens is 308 g/mol. The van der Waals surface area contributed by atoms with Crippen LogP contribution in [0.3, 0.4) is 0 Å². The van der Waals surface area contributed by atoms with Crippen LogP contribution in [0.15, 0.2) is 35.2 Å². The number of hydrogen-bond acceptors (Lipinski definition) is 6. The molecule has 8 nitrogen and oxygen atoms in total. The topological polar surface area (TPSA) is 98.7 Å². The average molecular weight is 326 g/mol. The summed E-state index contributed by atoms with van der Waals surface area (Å²) < 4.78 is 7.09. The van der Waals surface area contributed by atoms with Gasteiger partial charge in [0.15, 0.2) is 5.82 Å². The summed E-state index contributed by atoms with van der Waals surface area (Å²) in [5.74, 6) is 0.577. The number of carbonyl (C=O) groups is 1. The lowest BCUT2D eigenvalue weighted by Crippen LogP contribution is -2.40. The Hall–Kier alpha value is -3.03. The van der Waals surface area contributed by atoms with Gasteiger partial charge in [0.1, 0.15) is 5.69 Å². The molecule has 0 saturated carbocycles. The van der Waals surface area contributed by atoms with Gasteiger partial charge in [-0.05, 0) is 26.0 Å². The van der Waals surface area contributed by atoms with E-state index >= 15 is 0 Å². The van der Waals surface area contributed by atoms with Crippen molar-refractivity contribution in [2.75, 3.05) is 0 Å². The smallest absolute Gasteiger partial charge is 0.261 e. The van der Waals surface area contributed by atoms with Gasteiger partial charge in [0.05, 0.1) is 11.1 Å². The van der Waals surface area contributed by atoms with Crippen molar-refractivity contribution in [3.8, 4) is 22.7 Å². The first kappa shape index (κ1) is 15.9. The molecule has 0 aliphatic carbocycles. The van der Waals surface area contributed by atoms with Crippen LogP contribution in [0.5, 0.6) is 0 Å². The summed E-state index contributed by atoms with van der Waals surface area (Å²) in [5, 5.41) is 11.3. The first-order chi connectivity index (χ1) is 11.4. The largest absolute Gasteiger partial charge is 0.344 e. The van der Waals surface area contributed by atoms with Crippen molar-refractivity contribution in [1.29, 1.82) is 0 Å². The molecule has 3 heterocycles. The van der Waals surface area contributed by atoms with E-state index in [0.717, 1.165) is 5.56 Å². The number of aryl methyl sites for hydroxylation is 1. The Kier molecular flexibility index (Phi) is 3.88. The summed E-state index contributed by atoms with van der Waals surface area (Å²) in [4.78, 5) is 19.9. The fourth-order valence-corrected chi connectivity index (χ4v) is 2.44. The minimum Gasteiger partial charge on any atom is -0.344 e. The Labute approximate surface area is 138 Å². The molecule has 0 saturated heterocycles. The first-order valence-corrected chi connectivity index (χ1v) is 7.44. The molecule has 1 N–H and O–H groups in total. The second-order valence-electron chi connectivity index (χ2n) is 6.04. The molecule has 1 amide bonds. The summed E-state index contributed by atoms with van der Waals surface area (Å²) in [6, 6.07) is 3.75. The molecule has 3 aromatic rings. The maximum Gasteiger partial charge on any atom is 0.261 e. The maximum atomic E-state index is 11.3. The SMILES string of the molecule is CC(=O)NC(C)(C)c1noc(-c2cn(C)nc2-c2cccnc2)n1. The number of nitrogens with one attached hydrogen (secondary N) is 1. The van der Waals surface area contributed by atoms with Gasteiger partial charge in [0.25, 0.3) is 5.89 Å². The van der Waals surface area contributed by atoms with E-state index in [4.69, 9.17) is 4.52 Å². The number of carbonyl (C=O) groups excluding carboxylic acids is 1. The summed E-state index contributed by atoms with van der Waals surface area (Å²) in [7, 11) is 1.82. The Balaban J connectivity index is 2.01. The number of pyridine rings is 1. The molecule has 3 rings (SSSR count). The van der Waals surface area contributed by atoms with Crippen molar-refractivity contribution >= 4 is 5.91 Å². The van der Waals surface area contributed by atoms with Crippen LogP contribution < -0.4 is 5.32 Å². The lowest BCUT2D eigenvalue weighted by Gasteiger charge is -2.20. The zero-order valence-corrected chi connectivity index (χ0v) is 13.9. The zero-order chi connectivity index (χ0) is 17.3. The minimum atomic E-state index is -0.732. The number of rotatable bonds is 4. The molecule has 0 aliphatic rings. The third kappa shape index (κ3) is 3.03. The fraction of sp³-hybridized carbons (Fsp3) is 0.312. The van der Waals surface area contributed by atoms with Crippen LogP contribution in [0.2, 0.25) is 0 Å². The van der Waals surface area contributed by atoms with Crippen molar-refractivity contribution < 1.29 is 9.32 Å². The van der Waals surface area contributed by atoms with Crippen LogP contribution in [-0.2, 0) is 17.4 Å². The second-order valence-corrected chi connectivity index (χ2v) is 6.04. The van der Waals surface area contributed by atoms with Crippen molar-refractivity contribution in [1.82, 2.24) is 30.2 Å². The van der Waals surface area contributed by atoms with Crippen LogP contribution in [0.1, 0.15) is 26.6 Å². The lowest BCUT2D eigenvalue weighted by molar-refractivity contribution is -0.120. The van der Waals surface area contributed by atoms with Crippen LogP contribution in [0, 0.1) is 0 Å². The van der Waals surface area contributed by atoms with Gasteiger partial charge in [0, 0.05) is 38.1 Å². The molecule has 0 aliphatic heterocycles. The molecular formula is C16H18N6O2. The third-order valence-corrected chi connectivity index (χ3v) is 3.47. The molecule has 0 spiro atoms. The number of aromatic nitrogens is 5. The van der Waals surface area contributed by atoms with E-state index in [-0.39, 0.29) is 5.91 Å². The normalized spacial score (nSPS) is 11.5. The third-order valence-electron chi connectivity index (χ3n) is 3.47. The molecule has 124 valence electrons. The fourth-order valence-electron chi connectivity index (χ4n) is 2.44. The van der Waals surface area contributed by atoms with E-state index in [1.165, 1.54) is 6.92 Å². The van der Waals surface area contributed by atoms with Crippen molar-refractivity contribution in [3.05, 3.63) is 36.5 Å². The van der Waals surface area contributed by atoms with E-state index in [1.54, 1.807) is 17.1 Å². The molecule has 0 bridgehead atoms. The molecule has 0 atom stereocenters. The highest BCUT2D eigenvalue weighted by atomic mass is 16.5. The minimum absolute atomic E-state index is 0.163. The summed E-state index contributed by atoms with van der Waals surface area (Å²) in [5.41, 5.74) is 1.54. The average Bonchev–Trinajstić information content (AvgIpc) is 3.13. The van der Waals surface area contributed by atoms with Gasteiger partial charge in [-0.1, -0.05) is 5.16 Å². The summed E-state index contributed by atoms with van der Waals surface area (Å²) >= 11 is 0. The van der Waals surface area contributed by atoms with Gasteiger partial charge >= 0.3 is 0 Å². The monoisotopic (exact) mass is 326 g/mol. The highest BCUT2D eigenvalue weighted by Gasteiger charge is 2.29. The van der Waals surface area contributed by atoms with Crippen molar-refractivity contribution in [3.63, 3.8) is 0 Å². The predicted octanol–water partition coefficient (Wildman–Crippen LogP) is 1.90. The zero-order valence-electron chi connectivity index (χ0n) is 13.9. The number of hydrogen-bond donors (Lipinski definition) is 1. The lowest BCUT2D eigenvalue weighted by atomic mass is 10.1. The Morgan fingerprint density at radius 2 is 2.17 bits per heavy atom. The number of amides is 1.